The fourth-order valence-corrected chi connectivity index (χ4v) is 3.27. The van der Waals surface area contributed by atoms with E-state index in [0.29, 0.717) is 0 Å². The summed E-state index contributed by atoms with van der Waals surface area (Å²) in [7, 11) is 0. The van der Waals surface area contributed by atoms with Crippen LogP contribution in [0.25, 0.3) is 22.4 Å². The van der Waals surface area contributed by atoms with Crippen molar-refractivity contribution < 1.29 is 14.5 Å². The number of aryl methyl sites for hydroxylation is 2. The highest BCUT2D eigenvalue weighted by Crippen LogP contribution is 2.23. The van der Waals surface area contributed by atoms with Crippen LogP contribution in [0.15, 0.2) is 72.8 Å². The first-order valence-electron chi connectivity index (χ1n) is 9.49. The number of rotatable bonds is 3. The lowest BCUT2D eigenvalue weighted by molar-refractivity contribution is -0.571. The summed E-state index contributed by atoms with van der Waals surface area (Å²) in [6.45, 7) is 8.03. The van der Waals surface area contributed by atoms with Crippen molar-refractivity contribution >= 4 is 17.0 Å². The standard InChI is InChI=1S/C22H18N2O2.C2H6/c1-15-7-11-17(12-8-15)23-19-5-3-4-6-20(19)24(21(23)22(25)26)18-13-9-16(2)10-14-18;1-2/h3-14H,1-2H3;1-2H3/p+1. The van der Waals surface area contributed by atoms with E-state index >= 15 is 0 Å². The van der Waals surface area contributed by atoms with E-state index in [1.807, 2.05) is 100 Å². The number of carboxylic acids is 1. The molecule has 4 heteroatoms. The zero-order chi connectivity index (χ0) is 20.3. The quantitative estimate of drug-likeness (QED) is 0.499. The van der Waals surface area contributed by atoms with E-state index < -0.39 is 5.97 Å². The molecule has 0 saturated heterocycles. The first-order chi connectivity index (χ1) is 13.6. The Morgan fingerprint density at radius 2 is 1.36 bits per heavy atom. The second kappa shape index (κ2) is 8.09. The summed E-state index contributed by atoms with van der Waals surface area (Å²) in [6.07, 6.45) is 0. The summed E-state index contributed by atoms with van der Waals surface area (Å²) in [6, 6.07) is 23.5. The Morgan fingerprint density at radius 3 is 1.93 bits per heavy atom. The van der Waals surface area contributed by atoms with Gasteiger partial charge in [-0.15, -0.1) is 0 Å². The number of nitrogens with zero attached hydrogens (tertiary/aromatic N) is 2. The zero-order valence-electron chi connectivity index (χ0n) is 16.7. The van der Waals surface area contributed by atoms with Crippen molar-refractivity contribution in [3.8, 4) is 11.4 Å². The molecular weight excluding hydrogens is 348 g/mol. The molecule has 1 aromatic heterocycles. The van der Waals surface area contributed by atoms with Crippen LogP contribution in [-0.2, 0) is 0 Å². The van der Waals surface area contributed by atoms with E-state index in [1.165, 1.54) is 0 Å². The minimum absolute atomic E-state index is 0.207. The molecule has 0 aliphatic carbocycles. The summed E-state index contributed by atoms with van der Waals surface area (Å²) in [5, 5.41) is 10.0. The molecule has 3 aromatic carbocycles. The highest BCUT2D eigenvalue weighted by Gasteiger charge is 2.32. The number of aromatic carboxylic acids is 1. The third-order valence-electron chi connectivity index (χ3n) is 4.56. The number of fused-ring (bicyclic) bond motifs is 1. The minimum atomic E-state index is -0.970. The molecule has 0 radical (unpaired) electrons. The highest BCUT2D eigenvalue weighted by molar-refractivity contribution is 5.88. The molecule has 4 rings (SSSR count). The molecule has 0 spiro atoms. The fraction of sp³-hybridized carbons (Fsp3) is 0.167. The Bertz CT molecular complexity index is 1030. The Hall–Kier alpha value is -3.40. The summed E-state index contributed by atoms with van der Waals surface area (Å²) in [4.78, 5) is 12.3. The van der Waals surface area contributed by atoms with Gasteiger partial charge in [-0.2, -0.15) is 9.13 Å². The van der Waals surface area contributed by atoms with E-state index in [9.17, 15) is 9.90 Å². The van der Waals surface area contributed by atoms with E-state index in [0.717, 1.165) is 33.5 Å². The van der Waals surface area contributed by atoms with Gasteiger partial charge in [0.2, 0.25) is 0 Å². The van der Waals surface area contributed by atoms with Crippen LogP contribution in [0, 0.1) is 13.8 Å². The van der Waals surface area contributed by atoms with E-state index in [2.05, 4.69) is 0 Å². The number of imidazole rings is 1. The van der Waals surface area contributed by atoms with Crippen molar-refractivity contribution in [1.82, 2.24) is 4.57 Å². The first kappa shape index (κ1) is 19.4. The lowest BCUT2D eigenvalue weighted by atomic mass is 10.2. The number of aromatic nitrogens is 2. The smallest absolute Gasteiger partial charge is 0.420 e. The molecule has 0 fully saturated rings. The maximum absolute atomic E-state index is 12.3. The molecule has 0 saturated carbocycles. The summed E-state index contributed by atoms with van der Waals surface area (Å²) < 4.78 is 3.61. The van der Waals surface area contributed by atoms with Crippen LogP contribution in [0.3, 0.4) is 0 Å². The first-order valence-corrected chi connectivity index (χ1v) is 9.49. The van der Waals surface area contributed by atoms with Gasteiger partial charge in [0.25, 0.3) is 0 Å². The third-order valence-corrected chi connectivity index (χ3v) is 4.56. The lowest BCUT2D eigenvalue weighted by Crippen LogP contribution is -2.37. The number of benzene rings is 3. The van der Waals surface area contributed by atoms with Crippen molar-refractivity contribution in [3.05, 3.63) is 89.7 Å². The normalized spacial score (nSPS) is 10.4. The largest absolute Gasteiger partial charge is 0.472 e. The molecule has 0 atom stereocenters. The fourth-order valence-electron chi connectivity index (χ4n) is 3.27. The van der Waals surface area contributed by atoms with Crippen LogP contribution in [0.4, 0.5) is 0 Å². The van der Waals surface area contributed by atoms with Crippen molar-refractivity contribution in [2.24, 2.45) is 0 Å². The molecule has 1 N–H and O–H groups in total. The van der Waals surface area contributed by atoms with E-state index in [1.54, 1.807) is 9.13 Å². The molecule has 4 nitrogen and oxygen atoms in total. The topological polar surface area (TPSA) is 46.1 Å². The van der Waals surface area contributed by atoms with Gasteiger partial charge in [0, 0.05) is 0 Å². The summed E-state index contributed by atoms with van der Waals surface area (Å²) in [5.41, 5.74) is 5.63. The number of carbonyl (C=O) groups is 1. The molecule has 142 valence electrons. The molecule has 28 heavy (non-hydrogen) atoms. The van der Waals surface area contributed by atoms with Gasteiger partial charge in [0.15, 0.2) is 11.0 Å². The average Bonchev–Trinajstić information content (AvgIpc) is 3.06. The van der Waals surface area contributed by atoms with Gasteiger partial charge in [-0.1, -0.05) is 61.4 Å². The van der Waals surface area contributed by atoms with Gasteiger partial charge in [0.1, 0.15) is 11.4 Å². The third kappa shape index (κ3) is 3.41. The van der Waals surface area contributed by atoms with Crippen molar-refractivity contribution in [2.45, 2.75) is 27.7 Å². The zero-order valence-corrected chi connectivity index (χ0v) is 16.7. The van der Waals surface area contributed by atoms with Crippen LogP contribution in [0.1, 0.15) is 35.6 Å². The van der Waals surface area contributed by atoms with Gasteiger partial charge in [-0.05, 0) is 50.2 Å². The predicted molar refractivity (Wildman–Crippen MR) is 113 cm³/mol. The molecule has 0 aliphatic rings. The molecular formula is C24H25N2O2+. The predicted octanol–water partition coefficient (Wildman–Crippen LogP) is 5.25. The monoisotopic (exact) mass is 373 g/mol. The van der Waals surface area contributed by atoms with Crippen LogP contribution in [0.5, 0.6) is 0 Å². The van der Waals surface area contributed by atoms with Crippen LogP contribution < -0.4 is 4.57 Å². The van der Waals surface area contributed by atoms with E-state index in [4.69, 9.17) is 0 Å². The number of hydrogen-bond donors (Lipinski definition) is 1. The van der Waals surface area contributed by atoms with Crippen LogP contribution in [-0.4, -0.2) is 15.6 Å². The van der Waals surface area contributed by atoms with Crippen molar-refractivity contribution in [3.63, 3.8) is 0 Å². The molecule has 0 bridgehead atoms. The minimum Gasteiger partial charge on any atom is -0.472 e. The Labute approximate surface area is 165 Å². The van der Waals surface area contributed by atoms with Gasteiger partial charge < -0.3 is 5.11 Å². The maximum Gasteiger partial charge on any atom is 0.420 e. The molecule has 1 heterocycles. The van der Waals surface area contributed by atoms with Crippen molar-refractivity contribution in [2.75, 3.05) is 0 Å². The SMILES string of the molecule is CC.Cc1ccc(-n2c(C(=O)O)[n+](-c3ccc(C)cc3)c3ccccc32)cc1. The van der Waals surface area contributed by atoms with Gasteiger partial charge in [0.05, 0.1) is 0 Å². The molecule has 4 aromatic rings. The summed E-state index contributed by atoms with van der Waals surface area (Å²) >= 11 is 0. The Balaban J connectivity index is 0.00000109. The van der Waals surface area contributed by atoms with Crippen LogP contribution >= 0.6 is 0 Å². The highest BCUT2D eigenvalue weighted by atomic mass is 16.4. The molecule has 0 aliphatic heterocycles. The second-order valence-electron chi connectivity index (χ2n) is 6.46. The maximum atomic E-state index is 12.3. The second-order valence-corrected chi connectivity index (χ2v) is 6.46. The van der Waals surface area contributed by atoms with Gasteiger partial charge >= 0.3 is 11.8 Å². The summed E-state index contributed by atoms with van der Waals surface area (Å²) in [5.74, 6) is -0.763. The average molecular weight is 373 g/mol. The number of para-hydroxylation sites is 2. The molecule has 0 unspecified atom stereocenters. The Kier molecular flexibility index (Phi) is 5.59. The molecule has 0 amide bonds. The lowest BCUT2D eigenvalue weighted by Gasteiger charge is -2.03. The number of carboxylic acid groups (broad SMARTS) is 1. The number of hydrogen-bond acceptors (Lipinski definition) is 1. The van der Waals surface area contributed by atoms with E-state index in [-0.39, 0.29) is 5.82 Å². The van der Waals surface area contributed by atoms with Crippen molar-refractivity contribution in [1.29, 1.82) is 0 Å². The van der Waals surface area contributed by atoms with Gasteiger partial charge in [-0.25, -0.2) is 4.79 Å². The Morgan fingerprint density at radius 1 is 0.821 bits per heavy atom. The van der Waals surface area contributed by atoms with Crippen LogP contribution in [0.2, 0.25) is 0 Å². The van der Waals surface area contributed by atoms with Gasteiger partial charge in [-0.3, -0.25) is 0 Å².